The minimum absolute atomic E-state index is 0.0598. The number of ether oxygens (including phenoxy) is 3. The van der Waals surface area contributed by atoms with Gasteiger partial charge in [-0.25, -0.2) is 0 Å². The number of hydrogen-bond donors (Lipinski definition) is 0. The number of benzene rings is 3. The topological polar surface area (TPSA) is 91.4 Å². The van der Waals surface area contributed by atoms with Crippen molar-refractivity contribution >= 4 is 41.6 Å². The van der Waals surface area contributed by atoms with Gasteiger partial charge in [0, 0.05) is 5.69 Å². The highest BCUT2D eigenvalue weighted by Crippen LogP contribution is 2.17. The van der Waals surface area contributed by atoms with Gasteiger partial charge in [0.15, 0.2) is 0 Å². The zero-order chi connectivity index (χ0) is 27.9. The van der Waals surface area contributed by atoms with Crippen LogP contribution in [-0.4, -0.2) is 68.7 Å². The Balaban J connectivity index is 1.25. The summed E-state index contributed by atoms with van der Waals surface area (Å²) in [5, 5.41) is 0. The number of nitrogens with zero attached hydrogens (tertiary/aromatic N) is 1. The summed E-state index contributed by atoms with van der Waals surface area (Å²) in [6, 6.07) is 22.2. The molecule has 3 aromatic carbocycles. The average Bonchev–Trinajstić information content (AvgIpc) is 2.94. The van der Waals surface area contributed by atoms with Crippen LogP contribution in [0.5, 0.6) is 5.75 Å². The van der Waals surface area contributed by atoms with Crippen molar-refractivity contribution < 1.29 is 31.6 Å². The third kappa shape index (κ3) is 10.7. The highest BCUT2D eigenvalue weighted by molar-refractivity contribution is 7.86. The van der Waals surface area contributed by atoms with E-state index in [1.54, 1.807) is 16.9 Å². The van der Waals surface area contributed by atoms with Crippen LogP contribution < -0.4 is 9.55 Å². The number of anilines is 1. The van der Waals surface area contributed by atoms with E-state index in [1.807, 2.05) is 74.7 Å². The molecule has 0 aliphatic heterocycles. The van der Waals surface area contributed by atoms with E-state index in [2.05, 4.69) is 0 Å². The summed E-state index contributed by atoms with van der Waals surface area (Å²) in [6.07, 6.45) is 4.80. The lowest BCUT2D eigenvalue weighted by molar-refractivity contribution is 0.0279. The van der Waals surface area contributed by atoms with Gasteiger partial charge in [0.25, 0.3) is 10.1 Å². The van der Waals surface area contributed by atoms with Crippen LogP contribution in [0.3, 0.4) is 0 Å². The molecule has 0 atom stereocenters. The normalized spacial score (nSPS) is 11.4. The first kappa shape index (κ1) is 30.1. The average molecular weight is 550 g/mol. The molecule has 0 spiro atoms. The van der Waals surface area contributed by atoms with E-state index >= 15 is 0 Å². The van der Waals surface area contributed by atoms with E-state index < -0.39 is 10.1 Å². The maximum absolute atomic E-state index is 12.1. The third-order valence-electron chi connectivity index (χ3n) is 5.58. The molecule has 0 aromatic heterocycles. The fourth-order valence-corrected chi connectivity index (χ4v) is 4.27. The Morgan fingerprint density at radius 2 is 1.28 bits per heavy atom. The van der Waals surface area contributed by atoms with Gasteiger partial charge in [0.1, 0.15) is 18.5 Å². The molecule has 0 unspecified atom stereocenters. The van der Waals surface area contributed by atoms with Crippen molar-refractivity contribution in [1.82, 2.24) is 0 Å². The third-order valence-corrected chi connectivity index (χ3v) is 6.90. The van der Waals surface area contributed by atoms with Crippen molar-refractivity contribution in [2.75, 3.05) is 51.5 Å². The van der Waals surface area contributed by atoms with Crippen LogP contribution in [0.4, 0.5) is 5.69 Å². The van der Waals surface area contributed by atoms with Crippen LogP contribution in [0.1, 0.15) is 16.7 Å². The lowest BCUT2D eigenvalue weighted by Gasteiger charge is -2.15. The second-order valence-electron chi connectivity index (χ2n) is 8.55. The van der Waals surface area contributed by atoms with Gasteiger partial charge in [-0.15, -0.1) is 0 Å². The molecule has 0 saturated carbocycles. The van der Waals surface area contributed by atoms with Crippen LogP contribution >= 0.6 is 0 Å². The lowest BCUT2D eigenvalue weighted by atomic mass is 9.94. The molecule has 3 rings (SSSR count). The van der Waals surface area contributed by atoms with Crippen molar-refractivity contribution in [3.8, 4) is 5.75 Å². The summed E-state index contributed by atoms with van der Waals surface area (Å²) in [5.74, 6) is 0.748. The first-order valence-electron chi connectivity index (χ1n) is 12.5. The van der Waals surface area contributed by atoms with Crippen LogP contribution in [0, 0.1) is 6.92 Å². The molecule has 3 aromatic rings. The predicted octanol–water partition coefficient (Wildman–Crippen LogP) is 4.23. The molecule has 0 amide bonds. The largest absolute Gasteiger partial charge is 0.491 e. The van der Waals surface area contributed by atoms with Gasteiger partial charge in [0.2, 0.25) is 0 Å². The summed E-state index contributed by atoms with van der Waals surface area (Å²) < 4.78 is 45.7. The smallest absolute Gasteiger partial charge is 0.328 e. The van der Waals surface area contributed by atoms with Crippen LogP contribution in [-0.2, 0) is 28.6 Å². The van der Waals surface area contributed by atoms with Crippen LogP contribution in [0.2, 0.25) is 0 Å². The van der Waals surface area contributed by atoms with E-state index in [9.17, 15) is 13.2 Å². The van der Waals surface area contributed by atoms with E-state index in [0.29, 0.717) is 26.4 Å². The van der Waals surface area contributed by atoms with Crippen molar-refractivity contribution in [2.45, 2.75) is 11.8 Å². The zero-order valence-corrected chi connectivity index (χ0v) is 23.0. The van der Waals surface area contributed by atoms with Crippen molar-refractivity contribution in [1.29, 1.82) is 0 Å². The predicted molar refractivity (Wildman–Crippen MR) is 154 cm³/mol. The van der Waals surface area contributed by atoms with Crippen molar-refractivity contribution in [2.24, 2.45) is 0 Å². The molecule has 0 fully saturated rings. The number of carbonyl (C=O) groups is 1. The number of aryl methyl sites for hydroxylation is 1. The van der Waals surface area contributed by atoms with E-state index in [-0.39, 0.29) is 18.1 Å². The Bertz CT molecular complexity index is 1280. The summed E-state index contributed by atoms with van der Waals surface area (Å²) in [5.41, 5.74) is 4.01. The molecule has 205 valence electrons. The maximum Gasteiger partial charge on any atom is 0.328 e. The van der Waals surface area contributed by atoms with Gasteiger partial charge in [-0.05, 0) is 61.5 Å². The van der Waals surface area contributed by atoms with Gasteiger partial charge in [-0.2, -0.15) is 8.42 Å². The van der Waals surface area contributed by atoms with Crippen LogP contribution in [0.15, 0.2) is 77.7 Å². The Morgan fingerprint density at radius 3 is 1.87 bits per heavy atom. The second kappa shape index (κ2) is 15.9. The van der Waals surface area contributed by atoms with Gasteiger partial charge >= 0.3 is 7.41 Å². The number of hydrogen-bond acceptors (Lipinski definition) is 8. The van der Waals surface area contributed by atoms with Crippen molar-refractivity contribution in [3.63, 3.8) is 0 Å². The minimum Gasteiger partial charge on any atom is -0.491 e. The first-order valence-corrected chi connectivity index (χ1v) is 13.9. The van der Waals surface area contributed by atoms with Gasteiger partial charge in [-0.3, -0.25) is 4.18 Å². The fraction of sp³-hybridized carbons (Fsp3) is 0.276. The van der Waals surface area contributed by atoms with E-state index in [1.165, 1.54) is 19.5 Å². The van der Waals surface area contributed by atoms with Crippen LogP contribution in [0.25, 0.3) is 12.2 Å². The molecule has 0 bridgehead atoms. The Labute approximate surface area is 231 Å². The SMILES string of the molecule is Cc1ccc(S(=O)(=O)OCCOCCOCCOc2ccc(/C=C/c3ccc(N(C)[B]C=O)cc3)cc2)cc1. The number of carbonyl (C=O) groups excluding carboxylic acids is 1. The van der Waals surface area contributed by atoms with Gasteiger partial charge < -0.3 is 23.8 Å². The standard InChI is InChI=1S/C29H33BNO7S/c1-24-3-15-29(16-4-24)39(33,34)38-22-20-36-18-17-35-19-21-37-28-13-9-26(10-14-28)6-5-25-7-11-27(12-8-25)31(2)30-23-32/h3-16,23H,17-22H2,1-2H3/b6-5+. The molecule has 39 heavy (non-hydrogen) atoms. The molecular formula is C29H33BNO7S. The highest BCUT2D eigenvalue weighted by atomic mass is 32.2. The minimum atomic E-state index is -3.78. The molecule has 0 N–H and O–H groups in total. The Hall–Kier alpha value is -3.44. The molecule has 0 aliphatic rings. The van der Waals surface area contributed by atoms with E-state index in [4.69, 9.17) is 18.4 Å². The molecule has 10 heteroatoms. The first-order chi connectivity index (χ1) is 18.9. The molecule has 1 radical (unpaired) electrons. The maximum atomic E-state index is 12.1. The number of rotatable bonds is 17. The fourth-order valence-electron chi connectivity index (χ4n) is 3.38. The molecular weight excluding hydrogens is 517 g/mol. The lowest BCUT2D eigenvalue weighted by Crippen LogP contribution is -2.23. The molecule has 0 aliphatic carbocycles. The summed E-state index contributed by atoms with van der Waals surface area (Å²) >= 11 is 0. The quantitative estimate of drug-likeness (QED) is 0.0811. The molecule has 8 nitrogen and oxygen atoms in total. The summed E-state index contributed by atoms with van der Waals surface area (Å²) in [4.78, 5) is 12.5. The van der Waals surface area contributed by atoms with E-state index in [0.717, 1.165) is 34.3 Å². The monoisotopic (exact) mass is 550 g/mol. The summed E-state index contributed by atoms with van der Waals surface area (Å²) in [6.45, 7) is 3.46. The van der Waals surface area contributed by atoms with Crippen molar-refractivity contribution in [3.05, 3.63) is 89.5 Å². The molecule has 0 saturated heterocycles. The zero-order valence-electron chi connectivity index (χ0n) is 22.2. The van der Waals surface area contributed by atoms with Gasteiger partial charge in [-0.1, -0.05) is 54.1 Å². The Morgan fingerprint density at radius 1 is 0.744 bits per heavy atom. The van der Waals surface area contributed by atoms with Gasteiger partial charge in [0.05, 0.1) is 37.9 Å². The highest BCUT2D eigenvalue weighted by Gasteiger charge is 2.14. The molecule has 0 heterocycles. The Kier molecular flexibility index (Phi) is 12.2. The second-order valence-corrected chi connectivity index (χ2v) is 10.2. The summed E-state index contributed by atoms with van der Waals surface area (Å²) in [7, 11) is -0.478.